The molecule has 1 N–H and O–H groups in total. The molecule has 4 rings (SSSR count). The van der Waals surface area contributed by atoms with Crippen molar-refractivity contribution in [3.8, 4) is 28.6 Å². The van der Waals surface area contributed by atoms with Crippen LogP contribution in [0.1, 0.15) is 47.8 Å². The number of H-pyrrole nitrogens is 1. The molecule has 0 saturated carbocycles. The molecule has 0 bridgehead atoms. The van der Waals surface area contributed by atoms with E-state index >= 15 is 0 Å². The normalized spacial score (nSPS) is 17.0. The summed E-state index contributed by atoms with van der Waals surface area (Å²) in [6.45, 7) is 5.74. The average Bonchev–Trinajstić information content (AvgIpc) is 3.40. The summed E-state index contributed by atoms with van der Waals surface area (Å²) >= 11 is 0. The molecule has 0 amide bonds. The number of likely N-dealkylation sites (tertiary alicyclic amines) is 1. The van der Waals surface area contributed by atoms with Gasteiger partial charge in [0.05, 0.1) is 50.5 Å². The molecule has 2 aromatic heterocycles. The highest BCUT2D eigenvalue weighted by molar-refractivity contribution is 5.64. The maximum Gasteiger partial charge on any atom is 0.203 e. The zero-order valence-electron chi connectivity index (χ0n) is 18.8. The summed E-state index contributed by atoms with van der Waals surface area (Å²) < 4.78 is 22.2. The summed E-state index contributed by atoms with van der Waals surface area (Å²) in [5.74, 6) is 2.73. The molecule has 3 aromatic rings. The Bertz CT molecular complexity index is 1020. The molecule has 1 aromatic carbocycles. The predicted octanol–water partition coefficient (Wildman–Crippen LogP) is 4.43. The van der Waals surface area contributed by atoms with E-state index < -0.39 is 0 Å². The number of methoxy groups -OCH3 is 3. The lowest BCUT2D eigenvalue weighted by atomic mass is 9.95. The first-order chi connectivity index (χ1) is 15.1. The highest BCUT2D eigenvalue weighted by atomic mass is 16.5. The van der Waals surface area contributed by atoms with Crippen LogP contribution in [0.2, 0.25) is 0 Å². The molecule has 3 heterocycles. The number of nitrogens with zero attached hydrogens (tertiary/aromatic N) is 3. The van der Waals surface area contributed by atoms with Crippen molar-refractivity contribution in [1.29, 1.82) is 0 Å². The number of hydrogen-bond donors (Lipinski definition) is 1. The van der Waals surface area contributed by atoms with Crippen molar-refractivity contribution >= 4 is 0 Å². The first kappa shape index (κ1) is 21.2. The van der Waals surface area contributed by atoms with Gasteiger partial charge in [-0.05, 0) is 50.9 Å². The molecular weight excluding hydrogens is 396 g/mol. The van der Waals surface area contributed by atoms with Crippen molar-refractivity contribution in [3.05, 3.63) is 40.8 Å². The van der Waals surface area contributed by atoms with E-state index in [-0.39, 0.29) is 6.04 Å². The van der Waals surface area contributed by atoms with Gasteiger partial charge in [-0.25, -0.2) is 0 Å². The minimum atomic E-state index is 0.204. The zero-order chi connectivity index (χ0) is 22.0. The van der Waals surface area contributed by atoms with Gasteiger partial charge in [0.25, 0.3) is 0 Å². The van der Waals surface area contributed by atoms with Crippen LogP contribution in [0.4, 0.5) is 0 Å². The predicted molar refractivity (Wildman–Crippen MR) is 117 cm³/mol. The minimum absolute atomic E-state index is 0.204. The van der Waals surface area contributed by atoms with Crippen molar-refractivity contribution in [2.24, 2.45) is 0 Å². The summed E-state index contributed by atoms with van der Waals surface area (Å²) in [7, 11) is 4.90. The highest BCUT2D eigenvalue weighted by Gasteiger charge is 2.30. The van der Waals surface area contributed by atoms with E-state index in [0.717, 1.165) is 59.8 Å². The Hall–Kier alpha value is -3.00. The summed E-state index contributed by atoms with van der Waals surface area (Å²) in [4.78, 5) is 2.47. The van der Waals surface area contributed by atoms with Crippen molar-refractivity contribution in [3.63, 3.8) is 0 Å². The second-order valence-corrected chi connectivity index (χ2v) is 7.94. The SMILES string of the molecule is COc1cc(CN2CCCC[C@@H]2c2[nH]ncc2-c2onc(C)c2C)cc(OC)c1OC. The molecule has 8 nitrogen and oxygen atoms in total. The van der Waals surface area contributed by atoms with Gasteiger partial charge in [0, 0.05) is 12.1 Å². The third-order valence-corrected chi connectivity index (χ3v) is 6.13. The molecule has 166 valence electrons. The van der Waals surface area contributed by atoms with Gasteiger partial charge >= 0.3 is 0 Å². The van der Waals surface area contributed by atoms with Crippen LogP contribution in [0.15, 0.2) is 22.9 Å². The minimum Gasteiger partial charge on any atom is -0.493 e. The Labute approximate surface area is 182 Å². The molecule has 1 fully saturated rings. The summed E-state index contributed by atoms with van der Waals surface area (Å²) in [6, 6.07) is 4.24. The number of aromatic nitrogens is 3. The van der Waals surface area contributed by atoms with Crippen LogP contribution in [0.3, 0.4) is 0 Å². The third-order valence-electron chi connectivity index (χ3n) is 6.13. The maximum atomic E-state index is 5.64. The number of hydrogen-bond acceptors (Lipinski definition) is 7. The summed E-state index contributed by atoms with van der Waals surface area (Å²) in [6.07, 6.45) is 5.22. The lowest BCUT2D eigenvalue weighted by Gasteiger charge is -2.35. The van der Waals surface area contributed by atoms with E-state index in [9.17, 15) is 0 Å². The van der Waals surface area contributed by atoms with Crippen LogP contribution in [0.5, 0.6) is 17.2 Å². The molecule has 0 aliphatic carbocycles. The molecular formula is C23H30N4O4. The van der Waals surface area contributed by atoms with E-state index in [2.05, 4.69) is 20.3 Å². The number of aromatic amines is 1. The van der Waals surface area contributed by atoms with E-state index in [0.29, 0.717) is 17.2 Å². The Morgan fingerprint density at radius 1 is 1.10 bits per heavy atom. The number of piperidine rings is 1. The third kappa shape index (κ3) is 3.99. The summed E-state index contributed by atoms with van der Waals surface area (Å²) in [5, 5.41) is 11.7. The van der Waals surface area contributed by atoms with Gasteiger partial charge in [-0.2, -0.15) is 5.10 Å². The highest BCUT2D eigenvalue weighted by Crippen LogP contribution is 2.41. The summed E-state index contributed by atoms with van der Waals surface area (Å²) in [5.41, 5.74) is 5.12. The van der Waals surface area contributed by atoms with Gasteiger partial charge in [-0.15, -0.1) is 0 Å². The molecule has 1 aliphatic rings. The molecule has 8 heteroatoms. The number of aryl methyl sites for hydroxylation is 1. The van der Waals surface area contributed by atoms with Gasteiger partial charge in [0.1, 0.15) is 0 Å². The fourth-order valence-electron chi connectivity index (χ4n) is 4.37. The van der Waals surface area contributed by atoms with Gasteiger partial charge < -0.3 is 18.7 Å². The Morgan fingerprint density at radius 2 is 1.84 bits per heavy atom. The lowest BCUT2D eigenvalue weighted by Crippen LogP contribution is -2.33. The van der Waals surface area contributed by atoms with Crippen LogP contribution < -0.4 is 14.2 Å². The average molecular weight is 427 g/mol. The standard InChI is InChI=1S/C23H30N4O4/c1-14-15(2)26-31-22(14)17-12-24-25-21(17)18-8-6-7-9-27(18)13-16-10-19(28-3)23(30-5)20(11-16)29-4/h10-12,18H,6-9,13H2,1-5H3,(H,24,25)/t18-/m1/s1. The van der Waals surface area contributed by atoms with Crippen LogP contribution in [-0.4, -0.2) is 48.1 Å². The molecule has 0 spiro atoms. The van der Waals surface area contributed by atoms with Crippen LogP contribution in [0.25, 0.3) is 11.3 Å². The number of benzene rings is 1. The zero-order valence-corrected chi connectivity index (χ0v) is 18.8. The quantitative estimate of drug-likeness (QED) is 0.598. The first-order valence-electron chi connectivity index (χ1n) is 10.6. The van der Waals surface area contributed by atoms with Gasteiger partial charge in [-0.3, -0.25) is 10.00 Å². The largest absolute Gasteiger partial charge is 0.493 e. The monoisotopic (exact) mass is 426 g/mol. The second kappa shape index (κ2) is 9.01. The van der Waals surface area contributed by atoms with Crippen LogP contribution >= 0.6 is 0 Å². The molecule has 1 saturated heterocycles. The van der Waals surface area contributed by atoms with Gasteiger partial charge in [0.15, 0.2) is 17.3 Å². The Balaban J connectivity index is 1.66. The molecule has 1 aliphatic heterocycles. The smallest absolute Gasteiger partial charge is 0.203 e. The first-order valence-corrected chi connectivity index (χ1v) is 10.6. The van der Waals surface area contributed by atoms with Crippen molar-refractivity contribution in [1.82, 2.24) is 20.3 Å². The lowest BCUT2D eigenvalue weighted by molar-refractivity contribution is 0.137. The molecule has 0 radical (unpaired) electrons. The fraction of sp³-hybridized carbons (Fsp3) is 0.478. The number of nitrogens with one attached hydrogen (secondary N) is 1. The number of ether oxygens (including phenoxy) is 3. The Kier molecular flexibility index (Phi) is 6.18. The van der Waals surface area contributed by atoms with E-state index in [1.54, 1.807) is 21.3 Å². The van der Waals surface area contributed by atoms with E-state index in [4.69, 9.17) is 18.7 Å². The van der Waals surface area contributed by atoms with Gasteiger partial charge in [0.2, 0.25) is 5.75 Å². The van der Waals surface area contributed by atoms with Crippen molar-refractivity contribution < 1.29 is 18.7 Å². The van der Waals surface area contributed by atoms with Crippen molar-refractivity contribution in [2.45, 2.75) is 45.7 Å². The van der Waals surface area contributed by atoms with Crippen molar-refractivity contribution in [2.75, 3.05) is 27.9 Å². The van der Waals surface area contributed by atoms with E-state index in [1.807, 2.05) is 32.2 Å². The van der Waals surface area contributed by atoms with Crippen LogP contribution in [0, 0.1) is 13.8 Å². The topological polar surface area (TPSA) is 85.6 Å². The number of rotatable bonds is 7. The Morgan fingerprint density at radius 3 is 2.45 bits per heavy atom. The molecule has 31 heavy (non-hydrogen) atoms. The second-order valence-electron chi connectivity index (χ2n) is 7.94. The van der Waals surface area contributed by atoms with Crippen LogP contribution in [-0.2, 0) is 6.54 Å². The molecule has 0 unspecified atom stereocenters. The maximum absolute atomic E-state index is 5.64. The van der Waals surface area contributed by atoms with E-state index in [1.165, 1.54) is 6.42 Å². The fourth-order valence-corrected chi connectivity index (χ4v) is 4.37. The van der Waals surface area contributed by atoms with Gasteiger partial charge in [-0.1, -0.05) is 11.6 Å². The molecule has 1 atom stereocenters.